The quantitative estimate of drug-likeness (QED) is 0.864. The number of halogens is 2. The van der Waals surface area contributed by atoms with Gasteiger partial charge in [0.25, 0.3) is 5.91 Å². The van der Waals surface area contributed by atoms with Crippen molar-refractivity contribution in [2.75, 3.05) is 13.2 Å². The molecule has 1 aromatic rings. The van der Waals surface area contributed by atoms with Crippen LogP contribution in [0.5, 0.6) is 0 Å². The highest BCUT2D eigenvalue weighted by atomic mass is 79.9. The molecule has 92 valence electrons. The molecule has 0 unspecified atom stereocenters. The van der Waals surface area contributed by atoms with E-state index >= 15 is 0 Å². The zero-order valence-corrected chi connectivity index (χ0v) is 10.7. The van der Waals surface area contributed by atoms with Crippen LogP contribution in [0.15, 0.2) is 22.7 Å². The van der Waals surface area contributed by atoms with Gasteiger partial charge >= 0.3 is 5.97 Å². The zero-order valence-electron chi connectivity index (χ0n) is 9.13. The molecular formula is C11H11BrFNO3. The van der Waals surface area contributed by atoms with Crippen LogP contribution in [0.1, 0.15) is 17.3 Å². The molecule has 1 rings (SSSR count). The molecular weight excluding hydrogens is 293 g/mol. The van der Waals surface area contributed by atoms with E-state index in [9.17, 15) is 14.0 Å². The van der Waals surface area contributed by atoms with Gasteiger partial charge in [0.2, 0.25) is 0 Å². The molecule has 0 aliphatic heterocycles. The monoisotopic (exact) mass is 303 g/mol. The van der Waals surface area contributed by atoms with E-state index in [0.29, 0.717) is 4.47 Å². The summed E-state index contributed by atoms with van der Waals surface area (Å²) in [4.78, 5) is 22.5. The first kappa shape index (κ1) is 13.6. The van der Waals surface area contributed by atoms with Gasteiger partial charge in [-0.05, 0) is 25.1 Å². The van der Waals surface area contributed by atoms with Crippen LogP contribution >= 0.6 is 15.9 Å². The van der Waals surface area contributed by atoms with E-state index < -0.39 is 17.7 Å². The van der Waals surface area contributed by atoms with Crippen LogP contribution in [0.4, 0.5) is 4.39 Å². The predicted octanol–water partition coefficient (Wildman–Crippen LogP) is 1.88. The molecule has 0 aliphatic rings. The molecule has 6 heteroatoms. The van der Waals surface area contributed by atoms with Gasteiger partial charge in [0, 0.05) is 4.47 Å². The molecule has 0 heterocycles. The third kappa shape index (κ3) is 4.14. The second kappa shape index (κ2) is 6.34. The Hall–Kier alpha value is -1.43. The first-order valence-corrected chi connectivity index (χ1v) is 5.72. The lowest BCUT2D eigenvalue weighted by molar-refractivity contribution is -0.141. The normalized spacial score (nSPS) is 9.82. The maximum atomic E-state index is 13.4. The second-order valence-corrected chi connectivity index (χ2v) is 4.03. The fourth-order valence-corrected chi connectivity index (χ4v) is 1.47. The van der Waals surface area contributed by atoms with E-state index in [2.05, 4.69) is 26.0 Å². The molecule has 4 nitrogen and oxygen atoms in total. The van der Waals surface area contributed by atoms with Crippen molar-refractivity contribution in [2.45, 2.75) is 6.92 Å². The van der Waals surface area contributed by atoms with Gasteiger partial charge in [0.1, 0.15) is 12.4 Å². The fourth-order valence-electron chi connectivity index (χ4n) is 1.13. The molecule has 0 radical (unpaired) electrons. The van der Waals surface area contributed by atoms with E-state index in [1.165, 1.54) is 12.1 Å². The first-order valence-electron chi connectivity index (χ1n) is 4.93. The number of ether oxygens (including phenoxy) is 1. The van der Waals surface area contributed by atoms with Gasteiger partial charge in [-0.15, -0.1) is 0 Å². The van der Waals surface area contributed by atoms with Crippen molar-refractivity contribution in [3.05, 3.63) is 34.1 Å². The molecule has 1 N–H and O–H groups in total. The van der Waals surface area contributed by atoms with Crippen molar-refractivity contribution in [1.29, 1.82) is 0 Å². The van der Waals surface area contributed by atoms with Crippen LogP contribution in [-0.4, -0.2) is 25.0 Å². The molecule has 17 heavy (non-hydrogen) atoms. The van der Waals surface area contributed by atoms with Crippen LogP contribution < -0.4 is 5.32 Å². The Morgan fingerprint density at radius 3 is 2.76 bits per heavy atom. The van der Waals surface area contributed by atoms with Gasteiger partial charge in [0.15, 0.2) is 0 Å². The van der Waals surface area contributed by atoms with Crippen molar-refractivity contribution < 1.29 is 18.7 Å². The Bertz CT molecular complexity index is 437. The van der Waals surface area contributed by atoms with Gasteiger partial charge in [-0.1, -0.05) is 15.9 Å². The van der Waals surface area contributed by atoms with Gasteiger partial charge in [-0.2, -0.15) is 0 Å². The highest BCUT2D eigenvalue weighted by Gasteiger charge is 2.13. The van der Waals surface area contributed by atoms with Crippen molar-refractivity contribution in [3.63, 3.8) is 0 Å². The summed E-state index contributed by atoms with van der Waals surface area (Å²) < 4.78 is 18.5. The maximum absolute atomic E-state index is 13.4. The third-order valence-electron chi connectivity index (χ3n) is 1.87. The van der Waals surface area contributed by atoms with Crippen molar-refractivity contribution >= 4 is 27.8 Å². The van der Waals surface area contributed by atoms with Crippen LogP contribution in [0.3, 0.4) is 0 Å². The highest BCUT2D eigenvalue weighted by Crippen LogP contribution is 2.14. The highest BCUT2D eigenvalue weighted by molar-refractivity contribution is 9.10. The number of esters is 1. The van der Waals surface area contributed by atoms with Crippen molar-refractivity contribution in [3.8, 4) is 0 Å². The predicted molar refractivity (Wildman–Crippen MR) is 63.1 cm³/mol. The number of hydrogen-bond donors (Lipinski definition) is 1. The van der Waals surface area contributed by atoms with Crippen LogP contribution in [0.2, 0.25) is 0 Å². The summed E-state index contributed by atoms with van der Waals surface area (Å²) >= 11 is 3.08. The molecule has 0 atom stereocenters. The van der Waals surface area contributed by atoms with Gasteiger partial charge < -0.3 is 10.1 Å². The number of nitrogens with one attached hydrogen (secondary N) is 1. The number of benzene rings is 1. The Balaban J connectivity index is 2.61. The van der Waals surface area contributed by atoms with Crippen LogP contribution in [0.25, 0.3) is 0 Å². The fraction of sp³-hybridized carbons (Fsp3) is 0.273. The van der Waals surface area contributed by atoms with E-state index in [4.69, 9.17) is 0 Å². The van der Waals surface area contributed by atoms with Gasteiger partial charge in [-0.3, -0.25) is 9.59 Å². The lowest BCUT2D eigenvalue weighted by atomic mass is 10.2. The lowest BCUT2D eigenvalue weighted by Gasteiger charge is -2.05. The van der Waals surface area contributed by atoms with Crippen LogP contribution in [-0.2, 0) is 9.53 Å². The number of hydrogen-bond acceptors (Lipinski definition) is 3. The number of carbonyl (C=O) groups is 2. The van der Waals surface area contributed by atoms with E-state index in [-0.39, 0.29) is 18.7 Å². The first-order chi connectivity index (χ1) is 8.04. The molecule has 0 bridgehead atoms. The summed E-state index contributed by atoms with van der Waals surface area (Å²) in [6, 6.07) is 4.06. The topological polar surface area (TPSA) is 55.4 Å². The van der Waals surface area contributed by atoms with Crippen molar-refractivity contribution in [1.82, 2.24) is 5.32 Å². The molecule has 0 saturated carbocycles. The molecule has 0 spiro atoms. The summed E-state index contributed by atoms with van der Waals surface area (Å²) in [6.45, 7) is 1.62. The Morgan fingerprint density at radius 1 is 1.47 bits per heavy atom. The van der Waals surface area contributed by atoms with E-state index in [1.54, 1.807) is 13.0 Å². The molecule has 0 fully saturated rings. The second-order valence-electron chi connectivity index (χ2n) is 3.11. The van der Waals surface area contributed by atoms with E-state index in [1.807, 2.05) is 0 Å². The van der Waals surface area contributed by atoms with Gasteiger partial charge in [0.05, 0.1) is 12.2 Å². The number of rotatable bonds is 4. The summed E-state index contributed by atoms with van der Waals surface area (Å²) in [6.07, 6.45) is 0. The molecule has 0 saturated heterocycles. The van der Waals surface area contributed by atoms with Gasteiger partial charge in [-0.25, -0.2) is 4.39 Å². The molecule has 0 aromatic heterocycles. The lowest BCUT2D eigenvalue weighted by Crippen LogP contribution is -2.31. The Labute approximate surface area is 106 Å². The summed E-state index contributed by atoms with van der Waals surface area (Å²) in [5.74, 6) is -1.86. The smallest absolute Gasteiger partial charge is 0.325 e. The number of carbonyl (C=O) groups excluding carboxylic acids is 2. The Kier molecular flexibility index (Phi) is 5.09. The SMILES string of the molecule is CCOC(=O)CNC(=O)c1ccc(Br)cc1F. The zero-order chi connectivity index (χ0) is 12.8. The summed E-state index contributed by atoms with van der Waals surface area (Å²) in [7, 11) is 0. The summed E-state index contributed by atoms with van der Waals surface area (Å²) in [5, 5.41) is 2.28. The van der Waals surface area contributed by atoms with Crippen molar-refractivity contribution in [2.24, 2.45) is 0 Å². The molecule has 0 aliphatic carbocycles. The minimum atomic E-state index is -0.652. The standard InChI is InChI=1S/C11H11BrFNO3/c1-2-17-10(15)6-14-11(16)8-4-3-7(12)5-9(8)13/h3-5H,2,6H2,1H3,(H,14,16). The number of amides is 1. The minimum absolute atomic E-state index is 0.113. The average molecular weight is 304 g/mol. The molecule has 1 amide bonds. The summed E-state index contributed by atoms with van der Waals surface area (Å²) in [5.41, 5.74) is -0.113. The van der Waals surface area contributed by atoms with E-state index in [0.717, 1.165) is 0 Å². The largest absolute Gasteiger partial charge is 0.465 e. The molecule has 1 aromatic carbocycles. The average Bonchev–Trinajstić information content (AvgIpc) is 2.26. The van der Waals surface area contributed by atoms with Crippen LogP contribution in [0, 0.1) is 5.82 Å². The third-order valence-corrected chi connectivity index (χ3v) is 2.37. The maximum Gasteiger partial charge on any atom is 0.325 e. The minimum Gasteiger partial charge on any atom is -0.465 e. The Morgan fingerprint density at radius 2 is 2.18 bits per heavy atom.